The number of aromatic nitrogens is 8. The van der Waals surface area contributed by atoms with Crippen molar-refractivity contribution >= 4 is 215 Å². The summed E-state index contributed by atoms with van der Waals surface area (Å²) in [6.45, 7) is 0. The van der Waals surface area contributed by atoms with Crippen LogP contribution in [0.3, 0.4) is 0 Å². The van der Waals surface area contributed by atoms with Gasteiger partial charge in [-0.3, -0.25) is 4.57 Å². The van der Waals surface area contributed by atoms with E-state index in [0.29, 0.717) is 11.8 Å². The third kappa shape index (κ3) is 7.55. The average molecular weight is 1410 g/mol. The third-order valence-corrected chi connectivity index (χ3v) is 25.9. The van der Waals surface area contributed by atoms with Crippen LogP contribution >= 0.6 is 22.7 Å². The van der Waals surface area contributed by atoms with Crippen LogP contribution < -0.4 is 0 Å². The maximum atomic E-state index is 5.82. The van der Waals surface area contributed by atoms with Crippen LogP contribution in [0.15, 0.2) is 315 Å². The second-order valence-corrected chi connectivity index (χ2v) is 31.2. The quantitative estimate of drug-likeness (QED) is 0.166. The first-order valence-corrected chi connectivity index (χ1v) is 38.4. The van der Waals surface area contributed by atoms with Crippen molar-refractivity contribution in [3.63, 3.8) is 0 Å². The molecule has 26 rings (SSSR count). The minimum Gasteiger partial charge on any atom is -0.309 e. The molecule has 8 nitrogen and oxygen atoms in total. The minimum atomic E-state index is 0.649. The Morgan fingerprint density at radius 1 is 0.231 bits per heavy atom. The van der Waals surface area contributed by atoms with Crippen LogP contribution in [-0.4, -0.2) is 37.9 Å². The monoisotopic (exact) mass is 1400 g/mol. The van der Waals surface area contributed by atoms with Crippen molar-refractivity contribution in [2.75, 3.05) is 0 Å². The number of thiophene rings is 2. The molecule has 0 saturated heterocycles. The Balaban J connectivity index is 0.645. The minimum absolute atomic E-state index is 0.649. The number of fused-ring (bicyclic) bond motifs is 31. The summed E-state index contributed by atoms with van der Waals surface area (Å²) in [4.78, 5) is 22.2. The Labute approximate surface area is 621 Å². The zero-order valence-corrected chi connectivity index (χ0v) is 59.0. The van der Waals surface area contributed by atoms with Crippen molar-refractivity contribution in [1.82, 2.24) is 37.9 Å². The summed E-state index contributed by atoms with van der Waals surface area (Å²) >= 11 is 3.54. The van der Waals surface area contributed by atoms with Gasteiger partial charge in [0, 0.05) is 107 Å². The number of hydrogen-bond acceptors (Lipinski definition) is 6. The molecule has 26 aromatic rings. The first-order valence-electron chi connectivity index (χ1n) is 36.8. The van der Waals surface area contributed by atoms with Crippen LogP contribution in [0.1, 0.15) is 0 Å². The lowest BCUT2D eigenvalue weighted by Gasteiger charge is -2.12. The SMILES string of the molecule is c1ccc(-c2nc(-c3ccc(-n4c5ccccc5c5c6c7cc(-c8ccc9cc(-c%10nc(-n%11c%12ccccc%12c%12c%13c%14ccccc%14n%14c%15ccc%16ccccc%16c%15c(cc%12%11)c%13%14)nc%11c%10sc%10ccccc%10%11)ccc9c8)ccc7n7c8ccc9ccccc9c8c(cc54)c67)cc3)nc3c2sc2ccccc23)cc1. The topological polar surface area (TPSA) is 70.2 Å². The molecule has 0 aliphatic carbocycles. The first kappa shape index (κ1) is 57.5. The fraction of sp³-hybridized carbons (Fsp3) is 0. The molecule has 10 heteroatoms. The summed E-state index contributed by atoms with van der Waals surface area (Å²) in [5, 5.41) is 24.3. The third-order valence-electron chi connectivity index (χ3n) is 23.6. The van der Waals surface area contributed by atoms with Gasteiger partial charge in [-0.1, -0.05) is 212 Å². The molecule has 0 N–H and O–H groups in total. The van der Waals surface area contributed by atoms with Gasteiger partial charge in [0.15, 0.2) is 5.82 Å². The molecule has 0 spiro atoms. The Kier molecular flexibility index (Phi) is 11.2. The Morgan fingerprint density at radius 2 is 0.676 bits per heavy atom. The highest BCUT2D eigenvalue weighted by atomic mass is 32.1. The summed E-state index contributed by atoms with van der Waals surface area (Å²) in [7, 11) is 0. The van der Waals surface area contributed by atoms with Gasteiger partial charge in [-0.15, -0.1) is 22.7 Å². The van der Waals surface area contributed by atoms with Crippen molar-refractivity contribution < 1.29 is 0 Å². The molecule has 10 heterocycles. The predicted octanol–water partition coefficient (Wildman–Crippen LogP) is 26.6. The van der Waals surface area contributed by atoms with Gasteiger partial charge in [0.1, 0.15) is 0 Å². The molecule has 0 bridgehead atoms. The first-order chi connectivity index (χ1) is 53.6. The number of nitrogens with zero attached hydrogens (tertiary/aromatic N) is 8. The molecule has 0 aliphatic rings. The number of rotatable bonds is 6. The average Bonchev–Trinajstić information content (AvgIpc) is 1.51. The molecule has 0 aliphatic heterocycles. The zero-order chi connectivity index (χ0) is 69.9. The fourth-order valence-electron chi connectivity index (χ4n) is 19.0. The van der Waals surface area contributed by atoms with E-state index in [-0.39, 0.29) is 0 Å². The summed E-state index contributed by atoms with van der Waals surface area (Å²) in [6, 6.07) is 116. The van der Waals surface area contributed by atoms with E-state index in [4.69, 9.17) is 19.9 Å². The normalized spacial score (nSPS) is 12.6. The van der Waals surface area contributed by atoms with Crippen molar-refractivity contribution in [2.45, 2.75) is 0 Å². The highest BCUT2D eigenvalue weighted by molar-refractivity contribution is 7.26. The van der Waals surface area contributed by atoms with E-state index in [1.54, 1.807) is 22.7 Å². The lowest BCUT2D eigenvalue weighted by molar-refractivity contribution is 1.02. The Hall–Kier alpha value is -13.9. The van der Waals surface area contributed by atoms with Crippen LogP contribution in [0.4, 0.5) is 0 Å². The fourth-order valence-corrected chi connectivity index (χ4v) is 21.3. The second-order valence-electron chi connectivity index (χ2n) is 29.1. The van der Waals surface area contributed by atoms with Gasteiger partial charge in [-0.2, -0.15) is 0 Å². The van der Waals surface area contributed by atoms with Crippen molar-refractivity contribution in [1.29, 1.82) is 0 Å². The lowest BCUT2D eigenvalue weighted by Crippen LogP contribution is -2.02. The highest BCUT2D eigenvalue weighted by Gasteiger charge is 2.30. The smallest absolute Gasteiger partial charge is 0.235 e. The number of benzene rings is 16. The molecule has 108 heavy (non-hydrogen) atoms. The van der Waals surface area contributed by atoms with E-state index in [1.165, 1.54) is 129 Å². The Bertz CT molecular complexity index is 8500. The van der Waals surface area contributed by atoms with Gasteiger partial charge in [0.2, 0.25) is 5.95 Å². The largest absolute Gasteiger partial charge is 0.309 e. The van der Waals surface area contributed by atoms with Crippen LogP contribution in [0.25, 0.3) is 249 Å². The lowest BCUT2D eigenvalue weighted by atomic mass is 9.96. The summed E-state index contributed by atoms with van der Waals surface area (Å²) in [5.74, 6) is 1.36. The van der Waals surface area contributed by atoms with Gasteiger partial charge in [0.05, 0.1) is 87.0 Å². The van der Waals surface area contributed by atoms with Crippen LogP contribution in [0, 0.1) is 0 Å². The van der Waals surface area contributed by atoms with Gasteiger partial charge in [-0.05, 0) is 147 Å². The molecular weight excluding hydrogens is 1350 g/mol. The van der Waals surface area contributed by atoms with Crippen molar-refractivity contribution in [2.24, 2.45) is 0 Å². The van der Waals surface area contributed by atoms with Crippen molar-refractivity contribution in [3.05, 3.63) is 315 Å². The molecule has 0 atom stereocenters. The van der Waals surface area contributed by atoms with E-state index in [0.717, 1.165) is 109 Å². The summed E-state index contributed by atoms with van der Waals surface area (Å²) < 4.78 is 14.4. The standard InChI is InChI=1S/C98H52N8S2/c1-2-20-55(21-3-1)89-95-91(68-27-11-16-32-81(68)107-95)100-97(99-89)56-38-43-62(44-39-56)103-73-29-13-8-24-65(73)85-79(103)51-71-83-63-22-6-4-19-54(63)41-47-78(83)105-76-45-42-60(50-70(76)88(85)94(71)105)58-34-35-59-49-61(37-36-57(59)48-58)90-96-92(69-28-12-17-33-82(69)108-96)102-98(101-90)106-75-31-15-9-25-66(75)86-80(106)52-72-84-64-23-7-5-18-53(64)40-46-77(84)104-74-30-14-10-26-67(74)87(86)93(72)104/h1-52H. The molecule has 0 radical (unpaired) electrons. The number of hydrogen-bond donors (Lipinski definition) is 0. The highest BCUT2D eigenvalue weighted by Crippen LogP contribution is 2.52. The molecular formula is C98H52N8S2. The molecule has 0 unspecified atom stereocenters. The van der Waals surface area contributed by atoms with Gasteiger partial charge < -0.3 is 13.4 Å². The molecule has 0 amide bonds. The second kappa shape index (κ2) is 21.0. The van der Waals surface area contributed by atoms with Gasteiger partial charge in [-0.25, -0.2) is 19.9 Å². The van der Waals surface area contributed by atoms with Gasteiger partial charge >= 0.3 is 0 Å². The summed E-state index contributed by atoms with van der Waals surface area (Å²) in [5.41, 5.74) is 22.0. The van der Waals surface area contributed by atoms with Gasteiger partial charge in [0.25, 0.3) is 0 Å². The van der Waals surface area contributed by atoms with Crippen LogP contribution in [-0.2, 0) is 0 Å². The number of para-hydroxylation sites is 3. The van der Waals surface area contributed by atoms with Crippen molar-refractivity contribution in [3.8, 4) is 56.7 Å². The maximum absolute atomic E-state index is 5.82. The molecule has 0 saturated carbocycles. The van der Waals surface area contributed by atoms with Crippen LogP contribution in [0.2, 0.25) is 0 Å². The van der Waals surface area contributed by atoms with Crippen LogP contribution in [0.5, 0.6) is 0 Å². The molecule has 16 aromatic carbocycles. The van der Waals surface area contributed by atoms with E-state index < -0.39 is 0 Å². The molecule has 496 valence electrons. The zero-order valence-electron chi connectivity index (χ0n) is 57.4. The predicted molar refractivity (Wildman–Crippen MR) is 456 cm³/mol. The van der Waals surface area contributed by atoms with E-state index >= 15 is 0 Å². The Morgan fingerprint density at radius 3 is 1.31 bits per heavy atom. The molecule has 0 fully saturated rings. The van der Waals surface area contributed by atoms with E-state index in [9.17, 15) is 0 Å². The maximum Gasteiger partial charge on any atom is 0.235 e. The van der Waals surface area contributed by atoms with E-state index in [2.05, 4.69) is 333 Å². The summed E-state index contributed by atoms with van der Waals surface area (Å²) in [6.07, 6.45) is 0. The van der Waals surface area contributed by atoms with E-state index in [1.807, 2.05) is 0 Å². The molecule has 10 aromatic heterocycles.